The topological polar surface area (TPSA) is 38.2 Å². The van der Waals surface area contributed by atoms with Gasteiger partial charge in [-0.15, -0.1) is 0 Å². The third kappa shape index (κ3) is 1.10. The molecule has 1 aliphatic heterocycles. The van der Waals surface area contributed by atoms with E-state index >= 15 is 0 Å². The summed E-state index contributed by atoms with van der Waals surface area (Å²) in [5.41, 5.74) is 1.54. The molecule has 1 aliphatic carbocycles. The Kier molecular flexibility index (Phi) is 1.82. The number of oxazole rings is 1. The molecular weight excluding hydrogens is 198 g/mol. The van der Waals surface area contributed by atoms with Gasteiger partial charge in [0.2, 0.25) is 0 Å². The zero-order chi connectivity index (χ0) is 9.60. The molecule has 76 valence electrons. The van der Waals surface area contributed by atoms with E-state index in [9.17, 15) is 0 Å². The van der Waals surface area contributed by atoms with E-state index in [1.807, 2.05) is 0 Å². The number of aromatic amines is 1. The maximum Gasteiger partial charge on any atom is 0.266 e. The van der Waals surface area contributed by atoms with E-state index in [0.717, 1.165) is 38.2 Å². The van der Waals surface area contributed by atoms with Crippen molar-refractivity contribution >= 4 is 12.2 Å². The lowest BCUT2D eigenvalue weighted by Crippen LogP contribution is -2.31. The van der Waals surface area contributed by atoms with Crippen molar-refractivity contribution in [1.82, 2.24) is 4.98 Å². The molecule has 1 spiro atoms. The van der Waals surface area contributed by atoms with Gasteiger partial charge >= 0.3 is 0 Å². The number of hydrogen-bond acceptors (Lipinski definition) is 3. The third-order valence-corrected chi connectivity index (χ3v) is 3.72. The number of fused-ring (bicyclic) bond motifs is 2. The molecule has 1 aromatic heterocycles. The SMILES string of the molecule is S=c1[nH]c2c(o1)CCC21CCOCC1. The minimum absolute atomic E-state index is 0.286. The fourth-order valence-corrected chi connectivity index (χ4v) is 2.91. The van der Waals surface area contributed by atoms with Crippen molar-refractivity contribution in [1.29, 1.82) is 0 Å². The quantitative estimate of drug-likeness (QED) is 0.669. The smallest absolute Gasteiger partial charge is 0.266 e. The standard InChI is InChI=1S/C10H13NO2S/c14-9-11-8-7(13-9)1-2-10(8)3-5-12-6-4-10/h1-6H2,(H,11,14). The molecule has 4 heteroatoms. The monoisotopic (exact) mass is 211 g/mol. The lowest BCUT2D eigenvalue weighted by atomic mass is 9.78. The minimum Gasteiger partial charge on any atom is -0.434 e. The molecule has 3 rings (SSSR count). The summed E-state index contributed by atoms with van der Waals surface area (Å²) in [6.07, 6.45) is 4.43. The predicted molar refractivity (Wildman–Crippen MR) is 53.9 cm³/mol. The first-order chi connectivity index (χ1) is 6.80. The highest BCUT2D eigenvalue weighted by atomic mass is 32.1. The molecule has 14 heavy (non-hydrogen) atoms. The maximum absolute atomic E-state index is 5.47. The summed E-state index contributed by atoms with van der Waals surface area (Å²) < 4.78 is 10.9. The number of hydrogen-bond donors (Lipinski definition) is 1. The van der Waals surface area contributed by atoms with Gasteiger partial charge in [0.25, 0.3) is 4.84 Å². The molecule has 0 unspecified atom stereocenters. The Hall–Kier alpha value is -0.610. The first-order valence-corrected chi connectivity index (χ1v) is 5.51. The largest absolute Gasteiger partial charge is 0.434 e. The predicted octanol–water partition coefficient (Wildman–Crippen LogP) is 2.33. The summed E-state index contributed by atoms with van der Waals surface area (Å²) in [6.45, 7) is 1.73. The Morgan fingerprint density at radius 1 is 1.21 bits per heavy atom. The van der Waals surface area contributed by atoms with Gasteiger partial charge in [0.15, 0.2) is 0 Å². The van der Waals surface area contributed by atoms with Crippen LogP contribution in [0.4, 0.5) is 0 Å². The number of nitrogens with one attached hydrogen (secondary N) is 1. The second-order valence-electron chi connectivity index (χ2n) is 4.21. The summed E-state index contributed by atoms with van der Waals surface area (Å²) in [5.74, 6) is 1.08. The Morgan fingerprint density at radius 3 is 2.79 bits per heavy atom. The molecule has 0 saturated carbocycles. The van der Waals surface area contributed by atoms with Gasteiger partial charge in [0, 0.05) is 25.0 Å². The second-order valence-corrected chi connectivity index (χ2v) is 4.58. The number of rotatable bonds is 0. The van der Waals surface area contributed by atoms with Gasteiger partial charge in [-0.3, -0.25) is 0 Å². The van der Waals surface area contributed by atoms with E-state index < -0.39 is 0 Å². The molecule has 2 aliphatic rings. The van der Waals surface area contributed by atoms with Crippen molar-refractivity contribution in [3.63, 3.8) is 0 Å². The first kappa shape index (κ1) is 8.68. The van der Waals surface area contributed by atoms with Gasteiger partial charge in [-0.2, -0.15) is 0 Å². The van der Waals surface area contributed by atoms with Crippen molar-refractivity contribution in [2.45, 2.75) is 31.1 Å². The number of ether oxygens (including phenoxy) is 1. The van der Waals surface area contributed by atoms with Crippen LogP contribution in [0.3, 0.4) is 0 Å². The van der Waals surface area contributed by atoms with E-state index in [0.29, 0.717) is 4.84 Å². The van der Waals surface area contributed by atoms with Crippen molar-refractivity contribution < 1.29 is 9.15 Å². The van der Waals surface area contributed by atoms with Crippen LogP contribution in [-0.4, -0.2) is 18.2 Å². The lowest BCUT2D eigenvalue weighted by molar-refractivity contribution is 0.0493. The fourth-order valence-electron chi connectivity index (χ4n) is 2.70. The van der Waals surface area contributed by atoms with Crippen molar-refractivity contribution in [3.8, 4) is 0 Å². The van der Waals surface area contributed by atoms with Gasteiger partial charge in [-0.1, -0.05) is 0 Å². The van der Waals surface area contributed by atoms with Crippen molar-refractivity contribution in [2.75, 3.05) is 13.2 Å². The summed E-state index contributed by atoms with van der Waals surface area (Å²) >= 11 is 5.02. The Bertz CT molecular complexity index is 400. The minimum atomic E-state index is 0.286. The van der Waals surface area contributed by atoms with E-state index in [4.69, 9.17) is 21.4 Å². The average molecular weight is 211 g/mol. The average Bonchev–Trinajstić information content (AvgIpc) is 2.70. The molecule has 0 amide bonds. The van der Waals surface area contributed by atoms with Crippen LogP contribution < -0.4 is 0 Å². The first-order valence-electron chi connectivity index (χ1n) is 5.10. The van der Waals surface area contributed by atoms with Crippen LogP contribution in [0.15, 0.2) is 4.42 Å². The molecule has 1 aromatic rings. The normalized spacial score (nSPS) is 24.0. The van der Waals surface area contributed by atoms with E-state index in [1.54, 1.807) is 0 Å². The molecule has 0 atom stereocenters. The second kappa shape index (κ2) is 2.94. The number of H-pyrrole nitrogens is 1. The highest BCUT2D eigenvalue weighted by molar-refractivity contribution is 7.71. The van der Waals surface area contributed by atoms with Crippen LogP contribution in [0.25, 0.3) is 0 Å². The van der Waals surface area contributed by atoms with E-state index in [2.05, 4.69) is 4.98 Å². The molecular formula is C10H13NO2S. The zero-order valence-electron chi connectivity index (χ0n) is 7.97. The van der Waals surface area contributed by atoms with Gasteiger partial charge in [-0.05, 0) is 31.5 Å². The van der Waals surface area contributed by atoms with Crippen LogP contribution in [0.5, 0.6) is 0 Å². The highest BCUT2D eigenvalue weighted by Crippen LogP contribution is 2.45. The summed E-state index contributed by atoms with van der Waals surface area (Å²) in [4.78, 5) is 3.74. The fraction of sp³-hybridized carbons (Fsp3) is 0.700. The van der Waals surface area contributed by atoms with Crippen LogP contribution in [0.2, 0.25) is 0 Å². The molecule has 0 aromatic carbocycles. The van der Waals surface area contributed by atoms with E-state index in [-0.39, 0.29) is 5.41 Å². The Labute approximate surface area is 87.5 Å². The van der Waals surface area contributed by atoms with Crippen LogP contribution in [0.1, 0.15) is 30.7 Å². The Balaban J connectivity index is 2.06. The van der Waals surface area contributed by atoms with Crippen molar-refractivity contribution in [2.24, 2.45) is 0 Å². The molecule has 1 fully saturated rings. The molecule has 0 radical (unpaired) electrons. The van der Waals surface area contributed by atoms with Gasteiger partial charge in [0.1, 0.15) is 5.76 Å². The lowest BCUT2D eigenvalue weighted by Gasteiger charge is -2.32. The highest BCUT2D eigenvalue weighted by Gasteiger charge is 2.42. The van der Waals surface area contributed by atoms with Crippen molar-refractivity contribution in [3.05, 3.63) is 16.3 Å². The molecule has 1 saturated heterocycles. The van der Waals surface area contributed by atoms with Gasteiger partial charge in [0.05, 0.1) is 5.69 Å². The van der Waals surface area contributed by atoms with Crippen LogP contribution in [-0.2, 0) is 16.6 Å². The van der Waals surface area contributed by atoms with E-state index in [1.165, 1.54) is 12.1 Å². The zero-order valence-corrected chi connectivity index (χ0v) is 8.78. The number of aromatic nitrogens is 1. The van der Waals surface area contributed by atoms with Crippen LogP contribution in [0, 0.1) is 4.84 Å². The number of aryl methyl sites for hydroxylation is 1. The Morgan fingerprint density at radius 2 is 2.00 bits per heavy atom. The third-order valence-electron chi connectivity index (χ3n) is 3.53. The maximum atomic E-state index is 5.47. The van der Waals surface area contributed by atoms with Gasteiger partial charge in [-0.25, -0.2) is 0 Å². The summed E-state index contributed by atoms with van der Waals surface area (Å²) in [6, 6.07) is 0. The summed E-state index contributed by atoms with van der Waals surface area (Å²) in [5, 5.41) is 0. The molecule has 2 heterocycles. The molecule has 1 N–H and O–H groups in total. The molecule has 3 nitrogen and oxygen atoms in total. The van der Waals surface area contributed by atoms with Gasteiger partial charge < -0.3 is 14.1 Å². The van der Waals surface area contributed by atoms with Crippen LogP contribution >= 0.6 is 12.2 Å². The molecule has 0 bridgehead atoms. The summed E-state index contributed by atoms with van der Waals surface area (Å²) in [7, 11) is 0.